The standard InChI is InChI=1S/C18H22N2O7S3/c21-18-14-28(22,23)13-17(18)20(30(26,27)16-9-5-2-6-10-16)12-11-19-29(24,25)15-7-3-1-4-8-15/h1-10,17-19,21H,11-14H2/t17-,18+/m0/s1. The summed E-state index contributed by atoms with van der Waals surface area (Å²) in [6.45, 7) is -0.646. The number of nitrogens with zero attached hydrogens (tertiary/aromatic N) is 1. The van der Waals surface area contributed by atoms with Crippen molar-refractivity contribution in [1.29, 1.82) is 0 Å². The average Bonchev–Trinajstić information content (AvgIpc) is 2.98. The number of aliphatic hydroxyl groups is 1. The molecule has 1 fully saturated rings. The van der Waals surface area contributed by atoms with E-state index in [1.807, 2.05) is 0 Å². The van der Waals surface area contributed by atoms with Gasteiger partial charge in [0.1, 0.15) is 0 Å². The first-order valence-electron chi connectivity index (χ1n) is 9.03. The molecule has 0 aliphatic carbocycles. The Morgan fingerprint density at radius 3 is 1.93 bits per heavy atom. The Balaban J connectivity index is 1.85. The van der Waals surface area contributed by atoms with Crippen molar-refractivity contribution in [2.75, 3.05) is 24.6 Å². The van der Waals surface area contributed by atoms with E-state index in [0.29, 0.717) is 0 Å². The summed E-state index contributed by atoms with van der Waals surface area (Å²) in [6, 6.07) is 13.7. The predicted octanol–water partition coefficient (Wildman–Crippen LogP) is -0.186. The Bertz CT molecular complexity index is 1180. The van der Waals surface area contributed by atoms with E-state index in [0.717, 1.165) is 4.31 Å². The molecular formula is C18H22N2O7S3. The van der Waals surface area contributed by atoms with Gasteiger partial charge in [-0.05, 0) is 24.3 Å². The van der Waals surface area contributed by atoms with E-state index in [4.69, 9.17) is 0 Å². The first-order chi connectivity index (χ1) is 14.0. The van der Waals surface area contributed by atoms with Crippen LogP contribution in [0.4, 0.5) is 0 Å². The molecule has 0 bridgehead atoms. The van der Waals surface area contributed by atoms with Gasteiger partial charge in [-0.1, -0.05) is 36.4 Å². The topological polar surface area (TPSA) is 138 Å². The van der Waals surface area contributed by atoms with Crippen LogP contribution in [0, 0.1) is 0 Å². The molecule has 1 aliphatic heterocycles. The lowest BCUT2D eigenvalue weighted by Gasteiger charge is -2.29. The summed E-state index contributed by atoms with van der Waals surface area (Å²) in [5.74, 6) is -1.08. The van der Waals surface area contributed by atoms with Crippen LogP contribution in [0.2, 0.25) is 0 Å². The quantitative estimate of drug-likeness (QED) is 0.541. The van der Waals surface area contributed by atoms with Gasteiger partial charge in [0, 0.05) is 13.1 Å². The molecule has 164 valence electrons. The van der Waals surface area contributed by atoms with Crippen molar-refractivity contribution in [2.45, 2.75) is 21.9 Å². The number of rotatable bonds is 8. The van der Waals surface area contributed by atoms with Gasteiger partial charge in [0.15, 0.2) is 9.84 Å². The number of nitrogens with one attached hydrogen (secondary N) is 1. The number of benzene rings is 2. The minimum atomic E-state index is -4.18. The molecule has 2 N–H and O–H groups in total. The molecule has 12 heteroatoms. The normalized spacial score (nSPS) is 21.7. The van der Waals surface area contributed by atoms with Crippen LogP contribution in [-0.2, 0) is 29.9 Å². The van der Waals surface area contributed by atoms with E-state index in [9.17, 15) is 30.4 Å². The number of sulfonamides is 2. The lowest BCUT2D eigenvalue weighted by molar-refractivity contribution is 0.128. The lowest BCUT2D eigenvalue weighted by Crippen LogP contribution is -2.49. The molecule has 9 nitrogen and oxygen atoms in total. The summed E-state index contributed by atoms with van der Waals surface area (Å²) in [5.41, 5.74) is 0. The van der Waals surface area contributed by atoms with Crippen molar-refractivity contribution in [3.05, 3.63) is 60.7 Å². The maximum Gasteiger partial charge on any atom is 0.243 e. The minimum absolute atomic E-state index is 0.0194. The molecular weight excluding hydrogens is 452 g/mol. The number of sulfone groups is 1. The SMILES string of the molecule is O=S1(=O)C[C@@H](O)[C@@H](N(CCNS(=O)(=O)c2ccccc2)S(=O)(=O)c2ccccc2)C1. The highest BCUT2D eigenvalue weighted by Crippen LogP contribution is 2.25. The number of aliphatic hydroxyl groups excluding tert-OH is 1. The molecule has 2 aromatic carbocycles. The summed E-state index contributed by atoms with van der Waals surface area (Å²) >= 11 is 0. The van der Waals surface area contributed by atoms with Crippen LogP contribution in [0.3, 0.4) is 0 Å². The molecule has 3 rings (SSSR count). The van der Waals surface area contributed by atoms with E-state index in [-0.39, 0.29) is 22.9 Å². The van der Waals surface area contributed by atoms with Crippen LogP contribution in [0.15, 0.2) is 70.5 Å². The molecule has 2 aromatic rings. The molecule has 0 saturated carbocycles. The van der Waals surface area contributed by atoms with Gasteiger partial charge in [0.05, 0.1) is 33.4 Å². The van der Waals surface area contributed by atoms with Gasteiger partial charge in [-0.2, -0.15) is 4.31 Å². The molecule has 0 spiro atoms. The lowest BCUT2D eigenvalue weighted by atomic mass is 10.2. The largest absolute Gasteiger partial charge is 0.390 e. The summed E-state index contributed by atoms with van der Waals surface area (Å²) in [5, 5.41) is 10.2. The summed E-state index contributed by atoms with van der Waals surface area (Å²) in [7, 11) is -11.7. The second-order valence-corrected chi connectivity index (χ2v) is 12.7. The zero-order valence-corrected chi connectivity index (χ0v) is 18.3. The van der Waals surface area contributed by atoms with Gasteiger partial charge in [-0.15, -0.1) is 0 Å². The molecule has 0 aromatic heterocycles. The van der Waals surface area contributed by atoms with E-state index in [2.05, 4.69) is 4.72 Å². The van der Waals surface area contributed by atoms with Crippen LogP contribution < -0.4 is 4.72 Å². The molecule has 2 atom stereocenters. The van der Waals surface area contributed by atoms with E-state index >= 15 is 0 Å². The fourth-order valence-electron chi connectivity index (χ4n) is 3.25. The Kier molecular flexibility index (Phi) is 6.65. The van der Waals surface area contributed by atoms with Crippen molar-refractivity contribution in [2.24, 2.45) is 0 Å². The zero-order chi connectivity index (χ0) is 22.0. The highest BCUT2D eigenvalue weighted by molar-refractivity contribution is 7.92. The van der Waals surface area contributed by atoms with Gasteiger partial charge >= 0.3 is 0 Å². The van der Waals surface area contributed by atoms with Gasteiger partial charge in [0.2, 0.25) is 20.0 Å². The maximum absolute atomic E-state index is 13.1. The first kappa shape index (κ1) is 22.8. The molecule has 1 aliphatic rings. The van der Waals surface area contributed by atoms with E-state index in [1.54, 1.807) is 24.3 Å². The molecule has 0 radical (unpaired) electrons. The Labute approximate surface area is 176 Å². The molecule has 0 unspecified atom stereocenters. The van der Waals surface area contributed by atoms with Crippen molar-refractivity contribution in [1.82, 2.24) is 9.03 Å². The fraction of sp³-hybridized carbons (Fsp3) is 0.333. The van der Waals surface area contributed by atoms with Crippen LogP contribution in [0.5, 0.6) is 0 Å². The predicted molar refractivity (Wildman–Crippen MR) is 110 cm³/mol. The summed E-state index contributed by atoms with van der Waals surface area (Å²) < 4.78 is 78.2. The molecule has 30 heavy (non-hydrogen) atoms. The average molecular weight is 475 g/mol. The third kappa shape index (κ3) is 5.07. The molecule has 1 heterocycles. The smallest absolute Gasteiger partial charge is 0.243 e. The van der Waals surface area contributed by atoms with Gasteiger partial charge in [0.25, 0.3) is 0 Å². The van der Waals surface area contributed by atoms with Crippen LogP contribution in [0.1, 0.15) is 0 Å². The van der Waals surface area contributed by atoms with Crippen molar-refractivity contribution in [3.63, 3.8) is 0 Å². The third-order valence-electron chi connectivity index (χ3n) is 4.69. The van der Waals surface area contributed by atoms with Crippen LogP contribution in [0.25, 0.3) is 0 Å². The number of hydrogen-bond donors (Lipinski definition) is 2. The monoisotopic (exact) mass is 474 g/mol. The zero-order valence-electron chi connectivity index (χ0n) is 15.8. The second-order valence-electron chi connectivity index (χ2n) is 6.85. The summed E-state index contributed by atoms with van der Waals surface area (Å²) in [6.07, 6.45) is -1.40. The second kappa shape index (κ2) is 8.73. The van der Waals surface area contributed by atoms with Crippen molar-refractivity contribution >= 4 is 29.9 Å². The fourth-order valence-corrected chi connectivity index (χ4v) is 7.86. The van der Waals surface area contributed by atoms with Crippen LogP contribution in [-0.4, -0.2) is 71.4 Å². The van der Waals surface area contributed by atoms with Gasteiger partial charge in [-0.25, -0.2) is 30.0 Å². The Morgan fingerprint density at radius 2 is 1.43 bits per heavy atom. The minimum Gasteiger partial charge on any atom is -0.390 e. The Hall–Kier alpha value is -1.83. The third-order valence-corrected chi connectivity index (χ3v) is 9.81. The highest BCUT2D eigenvalue weighted by Gasteiger charge is 2.44. The highest BCUT2D eigenvalue weighted by atomic mass is 32.2. The van der Waals surface area contributed by atoms with E-state index < -0.39 is 53.5 Å². The Morgan fingerprint density at radius 1 is 0.900 bits per heavy atom. The van der Waals surface area contributed by atoms with Gasteiger partial charge in [-0.3, -0.25) is 0 Å². The first-order valence-corrected chi connectivity index (χ1v) is 13.8. The molecule has 0 amide bonds. The van der Waals surface area contributed by atoms with Crippen molar-refractivity contribution in [3.8, 4) is 0 Å². The molecule has 1 saturated heterocycles. The van der Waals surface area contributed by atoms with Gasteiger partial charge < -0.3 is 5.11 Å². The van der Waals surface area contributed by atoms with E-state index in [1.165, 1.54) is 36.4 Å². The van der Waals surface area contributed by atoms with Crippen LogP contribution >= 0.6 is 0 Å². The maximum atomic E-state index is 13.1. The van der Waals surface area contributed by atoms with Crippen molar-refractivity contribution < 1.29 is 30.4 Å². The number of hydrogen-bond acceptors (Lipinski definition) is 7. The summed E-state index contributed by atoms with van der Waals surface area (Å²) in [4.78, 5) is -0.0571.